The van der Waals surface area contributed by atoms with Gasteiger partial charge in [-0.15, -0.1) is 0 Å². The van der Waals surface area contributed by atoms with Crippen molar-refractivity contribution in [3.63, 3.8) is 0 Å². The molecule has 0 aromatic rings. The molecule has 0 aromatic heterocycles. The van der Waals surface area contributed by atoms with Crippen LogP contribution in [0.5, 0.6) is 0 Å². The molecule has 14 heavy (non-hydrogen) atoms. The van der Waals surface area contributed by atoms with Crippen LogP contribution in [0.25, 0.3) is 0 Å². The molecule has 0 aliphatic carbocycles. The van der Waals surface area contributed by atoms with Gasteiger partial charge in [0, 0.05) is 9.52 Å². The topological polar surface area (TPSA) is 0 Å². The Bertz CT molecular complexity index is 86.3. The van der Waals surface area contributed by atoms with Crippen LogP contribution in [0.3, 0.4) is 0 Å². The van der Waals surface area contributed by atoms with E-state index >= 15 is 0 Å². The van der Waals surface area contributed by atoms with Gasteiger partial charge in [0.05, 0.1) is 0 Å². The van der Waals surface area contributed by atoms with Gasteiger partial charge in [0.2, 0.25) is 0 Å². The summed E-state index contributed by atoms with van der Waals surface area (Å²) in [6, 6.07) is 0. The number of halogens is 2. The van der Waals surface area contributed by atoms with Gasteiger partial charge in [-0.25, -0.2) is 0 Å². The average molecular weight is 331 g/mol. The van der Waals surface area contributed by atoms with Crippen LogP contribution in [-0.2, 0) is 26.2 Å². The summed E-state index contributed by atoms with van der Waals surface area (Å²) in [6.07, 6.45) is 0. The fourth-order valence-electron chi connectivity index (χ4n) is 0. The van der Waals surface area contributed by atoms with E-state index in [4.69, 9.17) is 13.2 Å². The Balaban J connectivity index is -0.0000000156. The second kappa shape index (κ2) is 36.8. The van der Waals surface area contributed by atoms with Gasteiger partial charge in [0.15, 0.2) is 0 Å². The van der Waals surface area contributed by atoms with Crippen molar-refractivity contribution in [1.29, 1.82) is 0 Å². The second-order valence-corrected chi connectivity index (χ2v) is 3.89. The Morgan fingerprint density at radius 1 is 0.786 bits per heavy atom. The number of rotatable bonds is 0. The predicted octanol–water partition coefficient (Wildman–Crippen LogP) is -2.70. The first kappa shape index (κ1) is 36.2. The van der Waals surface area contributed by atoms with E-state index in [1.165, 1.54) is 0 Å². The molecule has 0 bridgehead atoms. The van der Waals surface area contributed by atoms with Crippen molar-refractivity contribution >= 4 is 9.52 Å². The van der Waals surface area contributed by atoms with Gasteiger partial charge in [-0.3, -0.25) is 11.1 Å². The van der Waals surface area contributed by atoms with Crippen LogP contribution in [0.4, 0.5) is 0 Å². The third kappa shape index (κ3) is 1450. The molecule has 0 fully saturated rings. The van der Waals surface area contributed by atoms with Crippen LogP contribution in [0.2, 0.25) is 13.1 Å². The van der Waals surface area contributed by atoms with Gasteiger partial charge < -0.3 is 38.0 Å². The van der Waals surface area contributed by atoms with Crippen molar-refractivity contribution in [2.45, 2.75) is 40.8 Å². The molecule has 0 N–H and O–H groups in total. The average Bonchev–Trinajstić information content (AvgIpc) is 1.60. The molecule has 83 valence electrons. The first-order chi connectivity index (χ1) is 4.88. The molecule has 0 atom stereocenters. The van der Waals surface area contributed by atoms with Gasteiger partial charge in [0.25, 0.3) is 0 Å². The Hall–Kier alpha value is 1.16. The van der Waals surface area contributed by atoms with E-state index in [-0.39, 0.29) is 51.0 Å². The van der Waals surface area contributed by atoms with Crippen molar-refractivity contribution in [3.05, 3.63) is 24.3 Å². The largest absolute Gasteiger partial charge is 4.00 e. The molecule has 0 rings (SSSR count). The Morgan fingerprint density at radius 3 is 0.786 bits per heavy atom. The quantitative estimate of drug-likeness (QED) is 0.335. The van der Waals surface area contributed by atoms with Crippen LogP contribution in [0, 0.1) is 13.2 Å². The van der Waals surface area contributed by atoms with Crippen LogP contribution in [0.15, 0.2) is 11.1 Å². The molecular formula is C10H21Cl2SiZr. The van der Waals surface area contributed by atoms with E-state index in [0.29, 0.717) is 0 Å². The van der Waals surface area contributed by atoms with Crippen molar-refractivity contribution in [2.75, 3.05) is 0 Å². The number of allylic oxidation sites excluding steroid dienone is 2. The Kier molecular flexibility index (Phi) is 95.3. The minimum Gasteiger partial charge on any atom is -1.00 e. The van der Waals surface area contributed by atoms with Gasteiger partial charge >= 0.3 is 26.2 Å². The van der Waals surface area contributed by atoms with Gasteiger partial charge in [-0.2, -0.15) is 0 Å². The maximum Gasteiger partial charge on any atom is 4.00 e. The maximum atomic E-state index is 5.03. The van der Waals surface area contributed by atoms with Crippen molar-refractivity contribution in [3.8, 4) is 0 Å². The molecule has 0 amide bonds. The molecule has 0 saturated heterocycles. The molecule has 0 heterocycles. The molecular weight excluding hydrogens is 310 g/mol. The summed E-state index contributed by atoms with van der Waals surface area (Å²) in [6.45, 7) is 21.9. The molecule has 0 unspecified atom stereocenters. The minimum absolute atomic E-state index is 0. The van der Waals surface area contributed by atoms with Crippen LogP contribution >= 0.6 is 0 Å². The first-order valence-electron chi connectivity index (χ1n) is 3.73. The van der Waals surface area contributed by atoms with E-state index in [0.717, 1.165) is 20.7 Å². The van der Waals surface area contributed by atoms with Gasteiger partial charge in [0.1, 0.15) is 0 Å². The SMILES string of the molecule is C[SiH]C.[CH-]=C(C)C.[CH-]=C(C)C.[Cl-].[Cl-].[Zr+4]. The summed E-state index contributed by atoms with van der Waals surface area (Å²) in [7, 11) is 0.750. The monoisotopic (exact) mass is 329 g/mol. The fourth-order valence-corrected chi connectivity index (χ4v) is 0. The van der Waals surface area contributed by atoms with Crippen molar-refractivity contribution in [2.24, 2.45) is 0 Å². The van der Waals surface area contributed by atoms with Crippen molar-refractivity contribution < 1.29 is 51.0 Å². The van der Waals surface area contributed by atoms with Crippen LogP contribution in [0.1, 0.15) is 27.7 Å². The van der Waals surface area contributed by atoms with Crippen molar-refractivity contribution in [1.82, 2.24) is 0 Å². The van der Waals surface area contributed by atoms with Gasteiger partial charge in [-0.1, -0.05) is 40.8 Å². The van der Waals surface area contributed by atoms with Crippen LogP contribution < -0.4 is 24.8 Å². The van der Waals surface area contributed by atoms with E-state index in [1.807, 2.05) is 27.7 Å². The molecule has 0 aromatic carbocycles. The summed E-state index contributed by atoms with van der Waals surface area (Å²) >= 11 is 0. The zero-order valence-electron chi connectivity index (χ0n) is 9.99. The smallest absolute Gasteiger partial charge is 1.00 e. The molecule has 0 spiro atoms. The minimum atomic E-state index is 0. The summed E-state index contributed by atoms with van der Waals surface area (Å²) in [4.78, 5) is 0. The van der Waals surface area contributed by atoms with E-state index in [1.54, 1.807) is 0 Å². The van der Waals surface area contributed by atoms with E-state index in [2.05, 4.69) is 13.1 Å². The molecule has 1 radical (unpaired) electrons. The summed E-state index contributed by atoms with van der Waals surface area (Å²) < 4.78 is 0. The molecule has 4 heteroatoms. The molecule has 0 nitrogen and oxygen atoms in total. The number of hydrogen-bond acceptors (Lipinski definition) is 0. The molecule has 0 saturated carbocycles. The molecule has 0 aliphatic heterocycles. The third-order valence-corrected chi connectivity index (χ3v) is 0. The molecule has 0 aliphatic rings. The second-order valence-electron chi connectivity index (χ2n) is 2.73. The van der Waals surface area contributed by atoms with Gasteiger partial charge in [-0.05, 0) is 0 Å². The first-order valence-corrected chi connectivity index (χ1v) is 6.04. The number of hydrogen-bond donors (Lipinski definition) is 0. The van der Waals surface area contributed by atoms with E-state index < -0.39 is 0 Å². The zero-order valence-corrected chi connectivity index (χ0v) is 15.1. The Labute approximate surface area is 125 Å². The zero-order chi connectivity index (χ0) is 9.86. The standard InChI is InChI=1S/2C4H7.C2H7Si.2ClH.Zr/c2*1-4(2)3;1-3-2;;;/h2*1H,2-3H3;3H,1-2H3;2*1H;/q2*-1;;;;+4/p-2. The normalized spacial score (nSPS) is 5.00. The van der Waals surface area contributed by atoms with E-state index in [9.17, 15) is 0 Å². The predicted molar refractivity (Wildman–Crippen MR) is 57.2 cm³/mol. The maximum absolute atomic E-state index is 5.03. The van der Waals surface area contributed by atoms with Crippen LogP contribution in [-0.4, -0.2) is 9.52 Å². The third-order valence-electron chi connectivity index (χ3n) is 0. The summed E-state index contributed by atoms with van der Waals surface area (Å²) in [5.74, 6) is 0. The summed E-state index contributed by atoms with van der Waals surface area (Å²) in [5.41, 5.74) is 1.83. The summed E-state index contributed by atoms with van der Waals surface area (Å²) in [5, 5.41) is 0. The Morgan fingerprint density at radius 2 is 0.786 bits per heavy atom. The fraction of sp³-hybridized carbons (Fsp3) is 0.600.